The molecule has 0 spiro atoms. The van der Waals surface area contributed by atoms with E-state index in [-0.39, 0.29) is 11.5 Å². The molecule has 0 saturated heterocycles. The molecule has 1 atom stereocenters. The highest BCUT2D eigenvalue weighted by atomic mass is 19.1. The Morgan fingerprint density at radius 3 is 2.06 bits per heavy atom. The van der Waals surface area contributed by atoms with Gasteiger partial charge in [0.1, 0.15) is 11.6 Å². The van der Waals surface area contributed by atoms with E-state index < -0.39 is 11.6 Å². The van der Waals surface area contributed by atoms with Crippen molar-refractivity contribution in [3.05, 3.63) is 35.4 Å². The van der Waals surface area contributed by atoms with Gasteiger partial charge in [-0.3, -0.25) is 0 Å². The van der Waals surface area contributed by atoms with Crippen LogP contribution in [0.25, 0.3) is 0 Å². The van der Waals surface area contributed by atoms with Crippen LogP contribution in [0.3, 0.4) is 0 Å². The zero-order valence-corrected chi connectivity index (χ0v) is 11.6. The van der Waals surface area contributed by atoms with Crippen LogP contribution >= 0.6 is 0 Å². The third-order valence-electron chi connectivity index (χ3n) is 3.26. The first kappa shape index (κ1) is 15.1. The molecule has 18 heavy (non-hydrogen) atoms. The van der Waals surface area contributed by atoms with E-state index >= 15 is 0 Å². The van der Waals surface area contributed by atoms with Gasteiger partial charge in [-0.15, -0.1) is 0 Å². The minimum Gasteiger partial charge on any atom is -0.314 e. The Kier molecular flexibility index (Phi) is 5.73. The normalized spacial score (nSPS) is 13.3. The first-order chi connectivity index (χ1) is 8.41. The lowest BCUT2D eigenvalue weighted by Crippen LogP contribution is -2.32. The quantitative estimate of drug-likeness (QED) is 0.815. The first-order valence-corrected chi connectivity index (χ1v) is 6.58. The van der Waals surface area contributed by atoms with Gasteiger partial charge in [-0.2, -0.15) is 0 Å². The van der Waals surface area contributed by atoms with Gasteiger partial charge in [-0.1, -0.05) is 33.8 Å². The van der Waals surface area contributed by atoms with E-state index in [0.29, 0.717) is 18.4 Å². The van der Waals surface area contributed by atoms with Gasteiger partial charge in [-0.25, -0.2) is 8.78 Å². The molecule has 3 heteroatoms. The van der Waals surface area contributed by atoms with E-state index in [2.05, 4.69) is 33.0 Å². The van der Waals surface area contributed by atoms with Crippen LogP contribution in [0.2, 0.25) is 0 Å². The smallest absolute Gasteiger partial charge is 0.129 e. The molecule has 0 fully saturated rings. The molecule has 0 saturated carbocycles. The molecule has 0 radical (unpaired) electrons. The van der Waals surface area contributed by atoms with E-state index in [1.807, 2.05) is 0 Å². The van der Waals surface area contributed by atoms with E-state index in [4.69, 9.17) is 0 Å². The fourth-order valence-electron chi connectivity index (χ4n) is 1.92. The average molecular weight is 255 g/mol. The Morgan fingerprint density at radius 2 is 1.61 bits per heavy atom. The fourth-order valence-corrected chi connectivity index (χ4v) is 1.92. The second-order valence-electron chi connectivity index (χ2n) is 5.47. The maximum absolute atomic E-state index is 13.6. The van der Waals surface area contributed by atoms with Crippen molar-refractivity contribution >= 4 is 0 Å². The Morgan fingerprint density at radius 1 is 1.06 bits per heavy atom. The lowest BCUT2D eigenvalue weighted by molar-refractivity contribution is 0.341. The monoisotopic (exact) mass is 255 g/mol. The highest BCUT2D eigenvalue weighted by molar-refractivity contribution is 5.20. The molecule has 1 N–H and O–H groups in total. The number of halogens is 2. The van der Waals surface area contributed by atoms with Gasteiger partial charge >= 0.3 is 0 Å². The largest absolute Gasteiger partial charge is 0.314 e. The third-order valence-corrected chi connectivity index (χ3v) is 3.26. The van der Waals surface area contributed by atoms with Crippen molar-refractivity contribution in [3.8, 4) is 0 Å². The molecule has 0 aliphatic rings. The molecule has 0 heterocycles. The van der Waals surface area contributed by atoms with Crippen LogP contribution in [-0.4, -0.2) is 12.6 Å². The first-order valence-electron chi connectivity index (χ1n) is 6.58. The molecule has 1 nitrogen and oxygen atoms in total. The Balaban J connectivity index is 2.77. The van der Waals surface area contributed by atoms with Crippen molar-refractivity contribution in [1.82, 2.24) is 5.32 Å². The topological polar surface area (TPSA) is 12.0 Å². The van der Waals surface area contributed by atoms with Crippen LogP contribution in [0.1, 0.15) is 33.3 Å². The zero-order chi connectivity index (χ0) is 13.7. The summed E-state index contributed by atoms with van der Waals surface area (Å²) < 4.78 is 27.2. The maximum Gasteiger partial charge on any atom is 0.129 e. The van der Waals surface area contributed by atoms with Crippen LogP contribution < -0.4 is 5.32 Å². The van der Waals surface area contributed by atoms with Crippen LogP contribution in [0, 0.1) is 23.5 Å². The summed E-state index contributed by atoms with van der Waals surface area (Å²) in [7, 11) is 0. The van der Waals surface area contributed by atoms with E-state index in [0.717, 1.165) is 6.54 Å². The number of hydrogen-bond donors (Lipinski definition) is 1. The van der Waals surface area contributed by atoms with Crippen LogP contribution in [-0.2, 0) is 6.42 Å². The molecule has 0 amide bonds. The van der Waals surface area contributed by atoms with Gasteiger partial charge in [0, 0.05) is 11.6 Å². The summed E-state index contributed by atoms with van der Waals surface area (Å²) in [6.45, 7) is 9.10. The van der Waals surface area contributed by atoms with Gasteiger partial charge < -0.3 is 5.32 Å². The molecule has 1 rings (SSSR count). The molecule has 1 aromatic carbocycles. The number of rotatable bonds is 6. The summed E-state index contributed by atoms with van der Waals surface area (Å²) in [4.78, 5) is 0. The minimum absolute atomic E-state index is 0.210. The second kappa shape index (κ2) is 6.83. The van der Waals surface area contributed by atoms with Crippen LogP contribution in [0.5, 0.6) is 0 Å². The molecule has 1 unspecified atom stereocenters. The standard InChI is InChI=1S/C15H23F2N/c1-10(2)12(9-18-11(3)4)8-13-14(16)6-5-7-15(13)17/h5-7,10-12,18H,8-9H2,1-4H3. The summed E-state index contributed by atoms with van der Waals surface area (Å²) >= 11 is 0. The van der Waals surface area contributed by atoms with Gasteiger partial charge in [0.05, 0.1) is 0 Å². The zero-order valence-electron chi connectivity index (χ0n) is 11.6. The lowest BCUT2D eigenvalue weighted by Gasteiger charge is -2.23. The van der Waals surface area contributed by atoms with Gasteiger partial charge in [0.25, 0.3) is 0 Å². The molecule has 1 aromatic rings. The molecule has 0 aliphatic heterocycles. The molecular weight excluding hydrogens is 232 g/mol. The number of nitrogens with one attached hydrogen (secondary N) is 1. The van der Waals surface area contributed by atoms with E-state index in [9.17, 15) is 8.78 Å². The minimum atomic E-state index is -0.440. The molecular formula is C15H23F2N. The number of benzene rings is 1. The van der Waals surface area contributed by atoms with Crippen molar-refractivity contribution in [1.29, 1.82) is 0 Å². The van der Waals surface area contributed by atoms with Crippen LogP contribution in [0.4, 0.5) is 8.78 Å². The van der Waals surface area contributed by atoms with Crippen molar-refractivity contribution in [2.45, 2.75) is 40.2 Å². The fraction of sp³-hybridized carbons (Fsp3) is 0.600. The summed E-state index contributed by atoms with van der Waals surface area (Å²) in [5.41, 5.74) is 0.210. The average Bonchev–Trinajstić information content (AvgIpc) is 2.26. The highest BCUT2D eigenvalue weighted by Gasteiger charge is 2.18. The predicted octanol–water partition coefficient (Wildman–Crippen LogP) is 3.78. The lowest BCUT2D eigenvalue weighted by atomic mass is 9.88. The highest BCUT2D eigenvalue weighted by Crippen LogP contribution is 2.21. The van der Waals surface area contributed by atoms with Gasteiger partial charge in [0.15, 0.2) is 0 Å². The van der Waals surface area contributed by atoms with Crippen molar-refractivity contribution in [2.75, 3.05) is 6.54 Å². The summed E-state index contributed by atoms with van der Waals surface area (Å²) in [5, 5.41) is 3.34. The predicted molar refractivity (Wildman–Crippen MR) is 71.5 cm³/mol. The van der Waals surface area contributed by atoms with Gasteiger partial charge in [-0.05, 0) is 36.9 Å². The Bertz CT molecular complexity index is 355. The Hall–Kier alpha value is -0.960. The van der Waals surface area contributed by atoms with Crippen molar-refractivity contribution in [3.63, 3.8) is 0 Å². The molecule has 0 bridgehead atoms. The van der Waals surface area contributed by atoms with Crippen molar-refractivity contribution < 1.29 is 8.78 Å². The summed E-state index contributed by atoms with van der Waals surface area (Å²) in [6.07, 6.45) is 0.440. The molecule has 0 aliphatic carbocycles. The number of hydrogen-bond acceptors (Lipinski definition) is 1. The van der Waals surface area contributed by atoms with Crippen molar-refractivity contribution in [2.24, 2.45) is 11.8 Å². The molecule has 0 aromatic heterocycles. The Labute approximate surface area is 109 Å². The summed E-state index contributed by atoms with van der Waals surface area (Å²) in [6, 6.07) is 4.44. The molecule has 102 valence electrons. The van der Waals surface area contributed by atoms with E-state index in [1.54, 1.807) is 0 Å². The third kappa shape index (κ3) is 4.37. The SMILES string of the molecule is CC(C)NCC(Cc1c(F)cccc1F)C(C)C. The van der Waals surface area contributed by atoms with Crippen LogP contribution in [0.15, 0.2) is 18.2 Å². The van der Waals surface area contributed by atoms with Gasteiger partial charge in [0.2, 0.25) is 0 Å². The second-order valence-corrected chi connectivity index (χ2v) is 5.47. The summed E-state index contributed by atoms with van der Waals surface area (Å²) in [5.74, 6) is -0.260. The maximum atomic E-state index is 13.6. The van der Waals surface area contributed by atoms with E-state index in [1.165, 1.54) is 18.2 Å².